The highest BCUT2D eigenvalue weighted by Crippen LogP contribution is 2.15. The van der Waals surface area contributed by atoms with Gasteiger partial charge in [0.05, 0.1) is 6.26 Å². The molecule has 12 heavy (non-hydrogen) atoms. The number of pyridine rings is 1. The maximum Gasteiger partial charge on any atom is 0.137 e. The normalized spacial score (nSPS) is 9.25. The molecule has 0 aromatic carbocycles. The largest absolute Gasteiger partial charge is 0.464 e. The molecule has 0 bridgehead atoms. The number of nitrogens with zero attached hydrogens (tertiary/aromatic N) is 1. The van der Waals surface area contributed by atoms with Crippen LogP contribution in [0.15, 0.2) is 29.0 Å². The highest BCUT2D eigenvalue weighted by atomic mass is 16.3. The van der Waals surface area contributed by atoms with Gasteiger partial charge < -0.3 is 4.42 Å². The zero-order valence-electron chi connectivity index (χ0n) is 7.66. The van der Waals surface area contributed by atoms with E-state index in [0.717, 1.165) is 16.7 Å². The van der Waals surface area contributed by atoms with Crippen molar-refractivity contribution in [2.45, 2.75) is 20.8 Å². The second-order valence-corrected chi connectivity index (χ2v) is 2.23. The second kappa shape index (κ2) is 3.90. The van der Waals surface area contributed by atoms with E-state index in [2.05, 4.69) is 4.98 Å². The van der Waals surface area contributed by atoms with E-state index in [4.69, 9.17) is 4.42 Å². The Morgan fingerprint density at radius 2 is 2.00 bits per heavy atom. The molecule has 0 aliphatic heterocycles. The highest BCUT2D eigenvalue weighted by Gasteiger charge is 1.97. The van der Waals surface area contributed by atoms with Crippen molar-refractivity contribution in [1.82, 2.24) is 4.98 Å². The predicted octanol–water partition coefficient (Wildman–Crippen LogP) is 3.16. The first-order valence-corrected chi connectivity index (χ1v) is 4.17. The molecule has 0 atom stereocenters. The van der Waals surface area contributed by atoms with E-state index in [0.29, 0.717) is 0 Å². The summed E-state index contributed by atoms with van der Waals surface area (Å²) >= 11 is 0. The first-order chi connectivity index (χ1) is 5.88. The molecule has 0 amide bonds. The average Bonchev–Trinajstić information content (AvgIpc) is 2.57. The summed E-state index contributed by atoms with van der Waals surface area (Å²) in [4.78, 5) is 4.12. The van der Waals surface area contributed by atoms with E-state index in [-0.39, 0.29) is 0 Å². The standard InChI is InChI=1S/C8H7NO.C2H6/c1-6-7-3-5-10-8(7)2-4-9-6;1-2/h2-5H,1H3;1-2H3. The molecule has 0 spiro atoms. The van der Waals surface area contributed by atoms with Crippen molar-refractivity contribution in [3.8, 4) is 0 Å². The molecule has 0 radical (unpaired) electrons. The molecule has 2 aromatic rings. The van der Waals surface area contributed by atoms with Crippen molar-refractivity contribution < 1.29 is 4.42 Å². The van der Waals surface area contributed by atoms with Crippen molar-refractivity contribution in [1.29, 1.82) is 0 Å². The van der Waals surface area contributed by atoms with Gasteiger partial charge in [-0.25, -0.2) is 0 Å². The van der Waals surface area contributed by atoms with Gasteiger partial charge in [0.25, 0.3) is 0 Å². The molecule has 2 heterocycles. The fourth-order valence-electron chi connectivity index (χ4n) is 1.04. The minimum Gasteiger partial charge on any atom is -0.464 e. The zero-order valence-corrected chi connectivity index (χ0v) is 7.66. The third-order valence-corrected chi connectivity index (χ3v) is 1.58. The minimum atomic E-state index is 0.910. The highest BCUT2D eigenvalue weighted by molar-refractivity contribution is 5.78. The quantitative estimate of drug-likeness (QED) is 0.596. The van der Waals surface area contributed by atoms with Gasteiger partial charge in [-0.1, -0.05) is 13.8 Å². The number of hydrogen-bond acceptors (Lipinski definition) is 2. The molecule has 0 saturated carbocycles. The Morgan fingerprint density at radius 3 is 2.67 bits per heavy atom. The van der Waals surface area contributed by atoms with Crippen LogP contribution in [0.4, 0.5) is 0 Å². The van der Waals surface area contributed by atoms with E-state index in [9.17, 15) is 0 Å². The van der Waals surface area contributed by atoms with Crippen LogP contribution < -0.4 is 0 Å². The number of hydrogen-bond donors (Lipinski definition) is 0. The number of aryl methyl sites for hydroxylation is 1. The average molecular weight is 163 g/mol. The first kappa shape index (κ1) is 8.78. The number of aromatic nitrogens is 1. The molecule has 0 aliphatic carbocycles. The van der Waals surface area contributed by atoms with E-state index in [1.54, 1.807) is 12.5 Å². The third-order valence-electron chi connectivity index (χ3n) is 1.58. The van der Waals surface area contributed by atoms with Gasteiger partial charge in [-0.05, 0) is 19.1 Å². The van der Waals surface area contributed by atoms with Crippen molar-refractivity contribution in [2.24, 2.45) is 0 Å². The van der Waals surface area contributed by atoms with Crippen LogP contribution in [0.25, 0.3) is 11.0 Å². The topological polar surface area (TPSA) is 26.0 Å². The number of furan rings is 1. The Bertz CT molecular complexity index is 351. The van der Waals surface area contributed by atoms with Crippen LogP contribution >= 0.6 is 0 Å². The van der Waals surface area contributed by atoms with Gasteiger partial charge in [-0.3, -0.25) is 4.98 Å². The molecule has 2 nitrogen and oxygen atoms in total. The molecule has 0 aliphatic rings. The van der Waals surface area contributed by atoms with Crippen LogP contribution in [0.1, 0.15) is 19.5 Å². The molecule has 2 aromatic heterocycles. The molecule has 2 heteroatoms. The van der Waals surface area contributed by atoms with Crippen LogP contribution in [0, 0.1) is 6.92 Å². The van der Waals surface area contributed by atoms with Crippen LogP contribution in [-0.4, -0.2) is 4.98 Å². The van der Waals surface area contributed by atoms with Gasteiger partial charge in [0.2, 0.25) is 0 Å². The van der Waals surface area contributed by atoms with Crippen molar-refractivity contribution in [3.05, 3.63) is 30.3 Å². The van der Waals surface area contributed by atoms with Crippen molar-refractivity contribution in [2.75, 3.05) is 0 Å². The van der Waals surface area contributed by atoms with Crippen LogP contribution in [-0.2, 0) is 0 Å². The first-order valence-electron chi connectivity index (χ1n) is 4.17. The summed E-state index contributed by atoms with van der Waals surface area (Å²) in [6.45, 7) is 5.97. The number of rotatable bonds is 0. The Hall–Kier alpha value is -1.31. The molecule has 64 valence electrons. The van der Waals surface area contributed by atoms with Gasteiger partial charge in [-0.15, -0.1) is 0 Å². The maximum atomic E-state index is 5.16. The van der Waals surface area contributed by atoms with Gasteiger partial charge in [0, 0.05) is 17.3 Å². The van der Waals surface area contributed by atoms with Crippen molar-refractivity contribution in [3.63, 3.8) is 0 Å². The van der Waals surface area contributed by atoms with Gasteiger partial charge in [0.15, 0.2) is 0 Å². The van der Waals surface area contributed by atoms with Crippen LogP contribution in [0.5, 0.6) is 0 Å². The lowest BCUT2D eigenvalue weighted by Crippen LogP contribution is -1.77. The SMILES string of the molecule is CC.Cc1nccc2occc12. The molecular formula is C10H13NO. The summed E-state index contributed by atoms with van der Waals surface area (Å²) in [6, 6.07) is 3.79. The Kier molecular flexibility index (Phi) is 2.86. The van der Waals surface area contributed by atoms with E-state index < -0.39 is 0 Å². The summed E-state index contributed by atoms with van der Waals surface area (Å²) in [6.07, 6.45) is 3.43. The lowest BCUT2D eigenvalue weighted by Gasteiger charge is -1.89. The second-order valence-electron chi connectivity index (χ2n) is 2.23. The summed E-state index contributed by atoms with van der Waals surface area (Å²) in [5, 5.41) is 1.10. The van der Waals surface area contributed by atoms with Gasteiger partial charge in [-0.2, -0.15) is 0 Å². The molecule has 0 fully saturated rings. The molecule has 0 N–H and O–H groups in total. The molecule has 0 saturated heterocycles. The van der Waals surface area contributed by atoms with Gasteiger partial charge >= 0.3 is 0 Å². The van der Waals surface area contributed by atoms with E-state index >= 15 is 0 Å². The van der Waals surface area contributed by atoms with Crippen LogP contribution in [0.3, 0.4) is 0 Å². The molecule has 2 rings (SSSR count). The van der Waals surface area contributed by atoms with Gasteiger partial charge in [0.1, 0.15) is 5.58 Å². The third kappa shape index (κ3) is 1.47. The molecule has 0 unspecified atom stereocenters. The van der Waals surface area contributed by atoms with Crippen molar-refractivity contribution >= 4 is 11.0 Å². The summed E-state index contributed by atoms with van der Waals surface area (Å²) in [5.74, 6) is 0. The minimum absolute atomic E-state index is 0.910. The van der Waals surface area contributed by atoms with E-state index in [1.807, 2.05) is 32.9 Å². The Balaban J connectivity index is 0.000000336. The monoisotopic (exact) mass is 163 g/mol. The lowest BCUT2D eigenvalue weighted by atomic mass is 10.2. The fourth-order valence-corrected chi connectivity index (χ4v) is 1.04. The van der Waals surface area contributed by atoms with Crippen LogP contribution in [0.2, 0.25) is 0 Å². The molecular weight excluding hydrogens is 150 g/mol. The smallest absolute Gasteiger partial charge is 0.137 e. The summed E-state index contributed by atoms with van der Waals surface area (Å²) in [5.41, 5.74) is 1.93. The Labute approximate surface area is 72.2 Å². The summed E-state index contributed by atoms with van der Waals surface area (Å²) in [7, 11) is 0. The van der Waals surface area contributed by atoms with E-state index in [1.165, 1.54) is 0 Å². The predicted molar refractivity (Wildman–Crippen MR) is 50.1 cm³/mol. The maximum absolute atomic E-state index is 5.16. The Morgan fingerprint density at radius 1 is 1.25 bits per heavy atom. The number of fused-ring (bicyclic) bond motifs is 1. The fraction of sp³-hybridized carbons (Fsp3) is 0.300. The lowest BCUT2D eigenvalue weighted by molar-refractivity contribution is 0.615. The summed E-state index contributed by atoms with van der Waals surface area (Å²) < 4.78 is 5.16. The zero-order chi connectivity index (χ0) is 8.97.